The van der Waals surface area contributed by atoms with Crippen molar-refractivity contribution in [3.05, 3.63) is 47.8 Å². The van der Waals surface area contributed by atoms with Crippen LogP contribution in [0.4, 0.5) is 5.69 Å². The van der Waals surface area contributed by atoms with Crippen LogP contribution in [0, 0.1) is 5.92 Å². The molecule has 1 heterocycles. The fourth-order valence-electron chi connectivity index (χ4n) is 3.13. The number of carbonyl (C=O) groups excluding carboxylic acids is 1. The Balaban J connectivity index is 1.79. The molecule has 2 aromatic rings. The maximum Gasteiger partial charge on any atom is 0.251 e. The zero-order valence-electron chi connectivity index (χ0n) is 14.3. The number of aliphatic hydroxyl groups is 1. The van der Waals surface area contributed by atoms with E-state index in [9.17, 15) is 9.90 Å². The third kappa shape index (κ3) is 3.43. The number of nitrogens with zero attached hydrogens (tertiary/aromatic N) is 3. The summed E-state index contributed by atoms with van der Waals surface area (Å²) in [6.45, 7) is 0. The van der Waals surface area contributed by atoms with Crippen molar-refractivity contribution < 1.29 is 9.90 Å². The minimum Gasteiger partial charge on any atom is -0.393 e. The van der Waals surface area contributed by atoms with Crippen molar-refractivity contribution in [1.29, 1.82) is 0 Å². The average molecular weight is 328 g/mol. The van der Waals surface area contributed by atoms with Gasteiger partial charge in [0.25, 0.3) is 5.91 Å². The molecule has 24 heavy (non-hydrogen) atoms. The quantitative estimate of drug-likeness (QED) is 0.877. The van der Waals surface area contributed by atoms with Crippen molar-refractivity contribution in [1.82, 2.24) is 15.1 Å². The Morgan fingerprint density at radius 1 is 1.42 bits per heavy atom. The lowest BCUT2D eigenvalue weighted by Crippen LogP contribution is -2.41. The molecular formula is C18H24N4O2. The first-order valence-electron chi connectivity index (χ1n) is 8.19. The van der Waals surface area contributed by atoms with Crippen LogP contribution in [0.25, 0.3) is 0 Å². The maximum absolute atomic E-state index is 12.7. The topological polar surface area (TPSA) is 70.4 Å². The van der Waals surface area contributed by atoms with Gasteiger partial charge in [-0.15, -0.1) is 0 Å². The third-order valence-corrected chi connectivity index (χ3v) is 4.62. The minimum atomic E-state index is -0.261. The molecule has 3 rings (SSSR count). The lowest BCUT2D eigenvalue weighted by Gasteiger charge is -2.37. The second-order valence-corrected chi connectivity index (χ2v) is 6.73. The number of anilines is 1. The van der Waals surface area contributed by atoms with Gasteiger partial charge in [-0.05, 0) is 37.0 Å². The van der Waals surface area contributed by atoms with E-state index in [2.05, 4.69) is 10.4 Å². The zero-order valence-corrected chi connectivity index (χ0v) is 14.3. The smallest absolute Gasteiger partial charge is 0.251 e. The molecule has 1 atom stereocenters. The number of aliphatic hydroxyl groups excluding tert-OH is 1. The number of aryl methyl sites for hydroxylation is 1. The molecule has 1 unspecified atom stereocenters. The van der Waals surface area contributed by atoms with Gasteiger partial charge in [0, 0.05) is 44.2 Å². The molecule has 1 aliphatic carbocycles. The summed E-state index contributed by atoms with van der Waals surface area (Å²) in [5, 5.41) is 17.0. The molecule has 1 aromatic carbocycles. The molecule has 0 aliphatic heterocycles. The first-order valence-corrected chi connectivity index (χ1v) is 8.19. The number of nitrogens with one attached hydrogen (secondary N) is 1. The van der Waals surface area contributed by atoms with E-state index < -0.39 is 0 Å². The van der Waals surface area contributed by atoms with Gasteiger partial charge in [0.15, 0.2) is 0 Å². The van der Waals surface area contributed by atoms with E-state index in [-0.39, 0.29) is 24.0 Å². The molecule has 2 N–H and O–H groups in total. The predicted octanol–water partition coefficient (Wildman–Crippen LogP) is 1.73. The SMILES string of the molecule is CN(C)c1cccc(C(=O)NC(c2cnn(C)c2)C2CC(O)C2)c1. The highest BCUT2D eigenvalue weighted by molar-refractivity contribution is 5.95. The highest BCUT2D eigenvalue weighted by Gasteiger charge is 2.36. The summed E-state index contributed by atoms with van der Waals surface area (Å²) in [4.78, 5) is 14.7. The molecule has 6 heteroatoms. The molecule has 1 aromatic heterocycles. The van der Waals surface area contributed by atoms with E-state index in [1.807, 2.05) is 56.5 Å². The van der Waals surface area contributed by atoms with Crippen LogP contribution in [0.5, 0.6) is 0 Å². The largest absolute Gasteiger partial charge is 0.393 e. The van der Waals surface area contributed by atoms with Gasteiger partial charge in [-0.1, -0.05) is 6.07 Å². The van der Waals surface area contributed by atoms with E-state index in [0.29, 0.717) is 18.4 Å². The molecular weight excluding hydrogens is 304 g/mol. The number of hydrogen-bond donors (Lipinski definition) is 2. The van der Waals surface area contributed by atoms with Crippen LogP contribution < -0.4 is 10.2 Å². The van der Waals surface area contributed by atoms with Crippen LogP contribution in [0.3, 0.4) is 0 Å². The Bertz CT molecular complexity index is 719. The molecule has 0 radical (unpaired) electrons. The first-order chi connectivity index (χ1) is 11.4. The second kappa shape index (κ2) is 6.65. The Hall–Kier alpha value is -2.34. The summed E-state index contributed by atoms with van der Waals surface area (Å²) >= 11 is 0. The molecule has 1 saturated carbocycles. The lowest BCUT2D eigenvalue weighted by atomic mass is 9.75. The Kier molecular flexibility index (Phi) is 4.57. The number of benzene rings is 1. The molecule has 0 bridgehead atoms. The molecule has 0 spiro atoms. The normalized spacial score (nSPS) is 21.0. The van der Waals surface area contributed by atoms with Gasteiger partial charge in [0.2, 0.25) is 0 Å². The van der Waals surface area contributed by atoms with Crippen molar-refractivity contribution in [2.75, 3.05) is 19.0 Å². The Morgan fingerprint density at radius 3 is 2.75 bits per heavy atom. The second-order valence-electron chi connectivity index (χ2n) is 6.73. The Morgan fingerprint density at radius 2 is 2.17 bits per heavy atom. The highest BCUT2D eigenvalue weighted by atomic mass is 16.3. The van der Waals surface area contributed by atoms with E-state index in [0.717, 1.165) is 11.3 Å². The monoisotopic (exact) mass is 328 g/mol. The van der Waals surface area contributed by atoms with Crippen molar-refractivity contribution in [3.8, 4) is 0 Å². The standard InChI is InChI=1S/C18H24N4O2/c1-21(2)15-6-4-5-12(7-15)18(24)20-17(13-8-16(23)9-13)14-10-19-22(3)11-14/h4-7,10-11,13,16-17,23H,8-9H2,1-3H3,(H,20,24). The van der Waals surface area contributed by atoms with Crippen LogP contribution in [-0.2, 0) is 7.05 Å². The van der Waals surface area contributed by atoms with Gasteiger partial charge in [-0.25, -0.2) is 0 Å². The Labute approximate surface area is 142 Å². The van der Waals surface area contributed by atoms with E-state index in [4.69, 9.17) is 0 Å². The van der Waals surface area contributed by atoms with Crippen LogP contribution in [-0.4, -0.2) is 41.0 Å². The van der Waals surface area contributed by atoms with Crippen molar-refractivity contribution in [2.24, 2.45) is 13.0 Å². The number of aromatic nitrogens is 2. The fraction of sp³-hybridized carbons (Fsp3) is 0.444. The molecule has 1 fully saturated rings. The number of hydrogen-bond acceptors (Lipinski definition) is 4. The van der Waals surface area contributed by atoms with E-state index in [1.165, 1.54) is 0 Å². The number of rotatable bonds is 5. The zero-order chi connectivity index (χ0) is 17.3. The molecule has 0 saturated heterocycles. The summed E-state index contributed by atoms with van der Waals surface area (Å²) in [7, 11) is 5.76. The van der Waals surface area contributed by atoms with Gasteiger partial charge in [-0.3, -0.25) is 9.48 Å². The number of amides is 1. The van der Waals surface area contributed by atoms with Gasteiger partial charge in [-0.2, -0.15) is 5.10 Å². The fourth-order valence-corrected chi connectivity index (χ4v) is 3.13. The van der Waals surface area contributed by atoms with Gasteiger partial charge >= 0.3 is 0 Å². The van der Waals surface area contributed by atoms with Crippen molar-refractivity contribution in [2.45, 2.75) is 25.0 Å². The van der Waals surface area contributed by atoms with Gasteiger partial charge in [0.05, 0.1) is 18.3 Å². The molecule has 1 aliphatic rings. The summed E-state index contributed by atoms with van der Waals surface area (Å²) in [6, 6.07) is 7.43. The predicted molar refractivity (Wildman–Crippen MR) is 92.9 cm³/mol. The summed E-state index contributed by atoms with van der Waals surface area (Å²) < 4.78 is 1.73. The third-order valence-electron chi connectivity index (χ3n) is 4.62. The molecule has 1 amide bonds. The summed E-state index contributed by atoms with van der Waals surface area (Å²) in [5.41, 5.74) is 2.60. The summed E-state index contributed by atoms with van der Waals surface area (Å²) in [6.07, 6.45) is 4.86. The minimum absolute atomic E-state index is 0.103. The van der Waals surface area contributed by atoms with E-state index >= 15 is 0 Å². The van der Waals surface area contributed by atoms with Crippen LogP contribution in [0.15, 0.2) is 36.7 Å². The van der Waals surface area contributed by atoms with E-state index in [1.54, 1.807) is 10.9 Å². The van der Waals surface area contributed by atoms with Crippen LogP contribution in [0.2, 0.25) is 0 Å². The van der Waals surface area contributed by atoms with Crippen LogP contribution in [0.1, 0.15) is 34.8 Å². The highest BCUT2D eigenvalue weighted by Crippen LogP contribution is 2.38. The lowest BCUT2D eigenvalue weighted by molar-refractivity contribution is 0.0235. The van der Waals surface area contributed by atoms with Gasteiger partial charge in [0.1, 0.15) is 0 Å². The first kappa shape index (κ1) is 16.5. The number of carbonyl (C=O) groups is 1. The van der Waals surface area contributed by atoms with Crippen molar-refractivity contribution >= 4 is 11.6 Å². The maximum atomic E-state index is 12.7. The average Bonchev–Trinajstić information content (AvgIpc) is 2.96. The molecule has 128 valence electrons. The van der Waals surface area contributed by atoms with Crippen molar-refractivity contribution in [3.63, 3.8) is 0 Å². The van der Waals surface area contributed by atoms with Crippen LogP contribution >= 0.6 is 0 Å². The summed E-state index contributed by atoms with van der Waals surface area (Å²) in [5.74, 6) is 0.138. The van der Waals surface area contributed by atoms with Gasteiger partial charge < -0.3 is 15.3 Å². The molecule has 6 nitrogen and oxygen atoms in total.